The lowest BCUT2D eigenvalue weighted by Crippen LogP contribution is -2.19. The second kappa shape index (κ2) is 5.91. The van der Waals surface area contributed by atoms with Crippen LogP contribution >= 0.6 is 0 Å². The molecule has 0 aliphatic heterocycles. The molecule has 2 aromatic rings. The first kappa shape index (κ1) is 13.7. The third-order valence-electron chi connectivity index (χ3n) is 3.50. The molecule has 0 aliphatic rings. The van der Waals surface area contributed by atoms with Gasteiger partial charge in [0.2, 0.25) is 0 Å². The molecule has 0 atom stereocenters. The van der Waals surface area contributed by atoms with Crippen LogP contribution in [0, 0.1) is 0 Å². The first-order chi connectivity index (χ1) is 9.11. The lowest BCUT2D eigenvalue weighted by Gasteiger charge is -2.20. The van der Waals surface area contributed by atoms with Gasteiger partial charge in [-0.15, -0.1) is 0 Å². The molecule has 1 heterocycles. The molecule has 0 saturated heterocycles. The molecule has 1 aromatic heterocycles. The highest BCUT2D eigenvalue weighted by Crippen LogP contribution is 2.21. The summed E-state index contributed by atoms with van der Waals surface area (Å²) in [5, 5.41) is 0. The summed E-state index contributed by atoms with van der Waals surface area (Å²) in [7, 11) is 2.12. The summed E-state index contributed by atoms with van der Waals surface area (Å²) in [4.78, 5) is 6.68. The van der Waals surface area contributed by atoms with Crippen molar-refractivity contribution in [3.8, 4) is 0 Å². The normalized spacial score (nSPS) is 11.0. The molecule has 2 rings (SSSR count). The van der Waals surface area contributed by atoms with Crippen molar-refractivity contribution >= 4 is 5.69 Å². The molecule has 0 radical (unpaired) electrons. The molecule has 102 valence electrons. The molecule has 0 fully saturated rings. The van der Waals surface area contributed by atoms with Crippen LogP contribution in [0.5, 0.6) is 0 Å². The van der Waals surface area contributed by atoms with Gasteiger partial charge in [0.15, 0.2) is 0 Å². The zero-order chi connectivity index (χ0) is 13.8. The van der Waals surface area contributed by atoms with Gasteiger partial charge in [0.25, 0.3) is 0 Å². The predicted molar refractivity (Wildman–Crippen MR) is 80.5 cm³/mol. The third-order valence-corrected chi connectivity index (χ3v) is 3.50. The summed E-state index contributed by atoms with van der Waals surface area (Å²) < 4.78 is 2.18. The van der Waals surface area contributed by atoms with Gasteiger partial charge >= 0.3 is 0 Å². The Bertz CT molecular complexity index is 528. The van der Waals surface area contributed by atoms with E-state index >= 15 is 0 Å². The van der Waals surface area contributed by atoms with Crippen molar-refractivity contribution in [2.45, 2.75) is 39.8 Å². The standard InChI is InChI=1S/C16H23N3/c1-5-19-10-9-17-16(19)12-18(4)15-8-6-7-14(11-15)13(2)3/h6-11,13H,5,12H2,1-4H3. The Balaban J connectivity index is 2.15. The van der Waals surface area contributed by atoms with Gasteiger partial charge in [0.05, 0.1) is 6.54 Å². The van der Waals surface area contributed by atoms with Crippen molar-refractivity contribution < 1.29 is 0 Å². The Hall–Kier alpha value is -1.77. The molecule has 19 heavy (non-hydrogen) atoms. The predicted octanol–water partition coefficient (Wildman–Crippen LogP) is 3.66. The number of aromatic nitrogens is 2. The monoisotopic (exact) mass is 257 g/mol. The van der Waals surface area contributed by atoms with Gasteiger partial charge in [-0.2, -0.15) is 0 Å². The molecule has 0 amide bonds. The number of rotatable bonds is 5. The number of nitrogens with zero attached hydrogens (tertiary/aromatic N) is 3. The van der Waals surface area contributed by atoms with E-state index in [1.165, 1.54) is 11.3 Å². The minimum atomic E-state index is 0.561. The average Bonchev–Trinajstić information content (AvgIpc) is 2.86. The third kappa shape index (κ3) is 3.16. The Morgan fingerprint density at radius 3 is 2.79 bits per heavy atom. The van der Waals surface area contributed by atoms with Crippen molar-refractivity contribution in [3.05, 3.63) is 48.0 Å². The zero-order valence-electron chi connectivity index (χ0n) is 12.3. The molecule has 3 heteroatoms. The van der Waals surface area contributed by atoms with E-state index in [1.807, 2.05) is 12.4 Å². The van der Waals surface area contributed by atoms with E-state index in [1.54, 1.807) is 0 Å². The zero-order valence-corrected chi connectivity index (χ0v) is 12.3. The largest absolute Gasteiger partial charge is 0.367 e. The van der Waals surface area contributed by atoms with Gasteiger partial charge in [-0.3, -0.25) is 0 Å². The van der Waals surface area contributed by atoms with Crippen LogP contribution < -0.4 is 4.90 Å². The van der Waals surface area contributed by atoms with Crippen molar-refractivity contribution in [1.82, 2.24) is 9.55 Å². The quantitative estimate of drug-likeness (QED) is 0.815. The van der Waals surface area contributed by atoms with Gasteiger partial charge in [0, 0.05) is 31.7 Å². The smallest absolute Gasteiger partial charge is 0.128 e. The number of hydrogen-bond donors (Lipinski definition) is 0. The highest BCUT2D eigenvalue weighted by atomic mass is 15.2. The maximum atomic E-state index is 4.43. The van der Waals surface area contributed by atoms with Gasteiger partial charge in [0.1, 0.15) is 5.82 Å². The second-order valence-corrected chi connectivity index (χ2v) is 5.24. The molecule has 0 N–H and O–H groups in total. The van der Waals surface area contributed by atoms with E-state index in [4.69, 9.17) is 0 Å². The van der Waals surface area contributed by atoms with Crippen LogP contribution in [-0.2, 0) is 13.1 Å². The molecule has 3 nitrogen and oxygen atoms in total. The number of aryl methyl sites for hydroxylation is 1. The van der Waals surface area contributed by atoms with E-state index in [2.05, 4.69) is 66.5 Å². The van der Waals surface area contributed by atoms with Crippen LogP contribution in [0.15, 0.2) is 36.7 Å². The fourth-order valence-corrected chi connectivity index (χ4v) is 2.20. The van der Waals surface area contributed by atoms with E-state index in [0.29, 0.717) is 5.92 Å². The minimum Gasteiger partial charge on any atom is -0.367 e. The number of benzene rings is 1. The fraction of sp³-hybridized carbons (Fsp3) is 0.438. The summed E-state index contributed by atoms with van der Waals surface area (Å²) in [6, 6.07) is 8.75. The molecular weight excluding hydrogens is 234 g/mol. The summed E-state index contributed by atoms with van der Waals surface area (Å²) in [5.74, 6) is 1.67. The first-order valence-corrected chi connectivity index (χ1v) is 6.93. The van der Waals surface area contributed by atoms with E-state index in [-0.39, 0.29) is 0 Å². The van der Waals surface area contributed by atoms with Gasteiger partial charge in [-0.1, -0.05) is 26.0 Å². The van der Waals surface area contributed by atoms with Crippen molar-refractivity contribution in [2.24, 2.45) is 0 Å². The van der Waals surface area contributed by atoms with Crippen LogP contribution in [0.1, 0.15) is 38.1 Å². The fourth-order valence-electron chi connectivity index (χ4n) is 2.20. The van der Waals surface area contributed by atoms with Crippen molar-refractivity contribution in [2.75, 3.05) is 11.9 Å². The van der Waals surface area contributed by atoms with E-state index in [0.717, 1.165) is 18.9 Å². The Morgan fingerprint density at radius 2 is 2.11 bits per heavy atom. The van der Waals surface area contributed by atoms with E-state index in [9.17, 15) is 0 Å². The molecular formula is C16H23N3. The highest BCUT2D eigenvalue weighted by molar-refractivity contribution is 5.48. The summed E-state index contributed by atoms with van der Waals surface area (Å²) in [6.45, 7) is 8.40. The van der Waals surface area contributed by atoms with Crippen molar-refractivity contribution in [1.29, 1.82) is 0 Å². The molecule has 0 aliphatic carbocycles. The summed E-state index contributed by atoms with van der Waals surface area (Å²) >= 11 is 0. The Labute approximate surface area is 115 Å². The maximum Gasteiger partial charge on any atom is 0.128 e. The molecule has 0 bridgehead atoms. The molecule has 1 aromatic carbocycles. The molecule has 0 unspecified atom stereocenters. The van der Waals surface area contributed by atoms with Gasteiger partial charge < -0.3 is 9.47 Å². The number of hydrogen-bond acceptors (Lipinski definition) is 2. The first-order valence-electron chi connectivity index (χ1n) is 6.93. The Kier molecular flexibility index (Phi) is 4.25. The highest BCUT2D eigenvalue weighted by Gasteiger charge is 2.08. The van der Waals surface area contributed by atoms with Crippen LogP contribution in [0.25, 0.3) is 0 Å². The number of anilines is 1. The van der Waals surface area contributed by atoms with E-state index < -0.39 is 0 Å². The van der Waals surface area contributed by atoms with Crippen LogP contribution in [0.3, 0.4) is 0 Å². The summed E-state index contributed by atoms with van der Waals surface area (Å²) in [5.41, 5.74) is 2.63. The minimum absolute atomic E-state index is 0.561. The van der Waals surface area contributed by atoms with Crippen molar-refractivity contribution in [3.63, 3.8) is 0 Å². The van der Waals surface area contributed by atoms with Crippen LogP contribution in [0.4, 0.5) is 5.69 Å². The van der Waals surface area contributed by atoms with Gasteiger partial charge in [-0.25, -0.2) is 4.98 Å². The maximum absolute atomic E-state index is 4.43. The lowest BCUT2D eigenvalue weighted by atomic mass is 10.0. The summed E-state index contributed by atoms with van der Waals surface area (Å²) in [6.07, 6.45) is 3.91. The average molecular weight is 257 g/mol. The van der Waals surface area contributed by atoms with Crippen LogP contribution in [0.2, 0.25) is 0 Å². The molecule has 0 saturated carbocycles. The number of imidazole rings is 1. The second-order valence-electron chi connectivity index (χ2n) is 5.24. The SMILES string of the molecule is CCn1ccnc1CN(C)c1cccc(C(C)C)c1. The topological polar surface area (TPSA) is 21.1 Å². The van der Waals surface area contributed by atoms with Crippen LogP contribution in [-0.4, -0.2) is 16.6 Å². The van der Waals surface area contributed by atoms with Gasteiger partial charge in [-0.05, 0) is 30.5 Å². The lowest BCUT2D eigenvalue weighted by molar-refractivity contribution is 0.685. The molecule has 0 spiro atoms. The Morgan fingerprint density at radius 1 is 1.32 bits per heavy atom.